The Labute approximate surface area is 94.9 Å². The fourth-order valence-corrected chi connectivity index (χ4v) is 2.98. The van der Waals surface area contributed by atoms with Gasteiger partial charge in [0.15, 0.2) is 8.32 Å². The van der Waals surface area contributed by atoms with Crippen LogP contribution < -0.4 is 11.1 Å². The second-order valence-corrected chi connectivity index (χ2v) is 10.9. The molecule has 1 heterocycles. The predicted molar refractivity (Wildman–Crippen MR) is 67.5 cm³/mol. The molecule has 0 saturated carbocycles. The molecule has 1 aliphatic heterocycles. The van der Waals surface area contributed by atoms with E-state index in [1.807, 2.05) is 0 Å². The molecule has 3 N–H and O–H groups in total. The Hall–Kier alpha value is 0.0969. The Morgan fingerprint density at radius 2 is 1.87 bits per heavy atom. The molecule has 0 aromatic heterocycles. The quantitative estimate of drug-likeness (QED) is 0.710. The summed E-state index contributed by atoms with van der Waals surface area (Å²) in [5, 5.41) is 3.62. The third kappa shape index (κ3) is 3.55. The lowest BCUT2D eigenvalue weighted by Crippen LogP contribution is -2.52. The van der Waals surface area contributed by atoms with Gasteiger partial charge < -0.3 is 15.5 Å². The lowest BCUT2D eigenvalue weighted by Gasteiger charge is -2.41. The van der Waals surface area contributed by atoms with Gasteiger partial charge in [-0.1, -0.05) is 20.8 Å². The highest BCUT2D eigenvalue weighted by Gasteiger charge is 2.39. The molecule has 1 fully saturated rings. The van der Waals surface area contributed by atoms with E-state index in [9.17, 15) is 0 Å². The van der Waals surface area contributed by atoms with Crippen LogP contribution in [0.25, 0.3) is 0 Å². The molecule has 1 aliphatic rings. The molecule has 0 aromatic carbocycles. The standard InChI is InChI=1S/C11H26N2OSi/c1-11(2,3)15(4,5)14-10-6-9(12)7-13-8-10/h9-10,13H,6-8,12H2,1-5H3/t9-,10+/m0/s1. The van der Waals surface area contributed by atoms with Gasteiger partial charge in [-0.2, -0.15) is 0 Å². The zero-order chi connectivity index (χ0) is 11.7. The highest BCUT2D eigenvalue weighted by Crippen LogP contribution is 2.37. The average Bonchev–Trinajstić information content (AvgIpc) is 2.00. The monoisotopic (exact) mass is 230 g/mol. The zero-order valence-electron chi connectivity index (χ0n) is 10.8. The molecule has 2 atom stereocenters. The molecule has 0 radical (unpaired) electrons. The first-order valence-corrected chi connectivity index (χ1v) is 8.77. The van der Waals surface area contributed by atoms with Crippen molar-refractivity contribution in [2.45, 2.75) is 57.5 Å². The molecule has 0 spiro atoms. The van der Waals surface area contributed by atoms with E-state index in [2.05, 4.69) is 39.2 Å². The summed E-state index contributed by atoms with van der Waals surface area (Å²) in [5.74, 6) is 0. The van der Waals surface area contributed by atoms with Gasteiger partial charge in [-0.15, -0.1) is 0 Å². The van der Waals surface area contributed by atoms with Crippen molar-refractivity contribution < 1.29 is 4.43 Å². The lowest BCUT2D eigenvalue weighted by molar-refractivity contribution is 0.140. The zero-order valence-corrected chi connectivity index (χ0v) is 11.8. The van der Waals surface area contributed by atoms with Crippen LogP contribution in [-0.4, -0.2) is 33.6 Å². The maximum atomic E-state index is 6.31. The Morgan fingerprint density at radius 1 is 1.27 bits per heavy atom. The van der Waals surface area contributed by atoms with Crippen LogP contribution in [0.2, 0.25) is 18.1 Å². The first-order chi connectivity index (χ1) is 6.72. The first kappa shape index (κ1) is 13.2. The van der Waals surface area contributed by atoms with Gasteiger partial charge in [-0.05, 0) is 24.6 Å². The molecule has 0 aliphatic carbocycles. The minimum absolute atomic E-state index is 0.258. The summed E-state index contributed by atoms with van der Waals surface area (Å²) in [5.41, 5.74) is 5.93. The van der Waals surface area contributed by atoms with Crippen LogP contribution in [0, 0.1) is 0 Å². The van der Waals surface area contributed by atoms with Crippen molar-refractivity contribution in [3.63, 3.8) is 0 Å². The summed E-state index contributed by atoms with van der Waals surface area (Å²) in [4.78, 5) is 0. The summed E-state index contributed by atoms with van der Waals surface area (Å²) >= 11 is 0. The summed E-state index contributed by atoms with van der Waals surface area (Å²) < 4.78 is 6.31. The van der Waals surface area contributed by atoms with Crippen molar-refractivity contribution in [3.8, 4) is 0 Å². The number of nitrogens with one attached hydrogen (secondary N) is 1. The van der Waals surface area contributed by atoms with E-state index >= 15 is 0 Å². The van der Waals surface area contributed by atoms with Crippen molar-refractivity contribution >= 4 is 8.32 Å². The predicted octanol–water partition coefficient (Wildman–Crippen LogP) is 1.70. The van der Waals surface area contributed by atoms with Crippen LogP contribution in [0.3, 0.4) is 0 Å². The molecular formula is C11H26N2OSi. The molecule has 3 nitrogen and oxygen atoms in total. The molecule has 0 amide bonds. The van der Waals surface area contributed by atoms with Crippen molar-refractivity contribution in [2.24, 2.45) is 5.73 Å². The molecular weight excluding hydrogens is 204 g/mol. The van der Waals surface area contributed by atoms with Crippen LogP contribution in [0.4, 0.5) is 0 Å². The van der Waals surface area contributed by atoms with Gasteiger partial charge in [0.05, 0.1) is 6.10 Å². The Morgan fingerprint density at radius 3 is 2.33 bits per heavy atom. The second kappa shape index (κ2) is 4.53. The molecule has 1 saturated heterocycles. The number of hydrogen-bond donors (Lipinski definition) is 2. The maximum absolute atomic E-state index is 6.31. The lowest BCUT2D eigenvalue weighted by atomic mass is 10.1. The summed E-state index contributed by atoms with van der Waals surface area (Å²) in [7, 11) is -1.62. The Kier molecular flexibility index (Phi) is 3.98. The van der Waals surface area contributed by atoms with Gasteiger partial charge >= 0.3 is 0 Å². The highest BCUT2D eigenvalue weighted by atomic mass is 28.4. The molecule has 0 bridgehead atoms. The van der Waals surface area contributed by atoms with Gasteiger partial charge in [-0.3, -0.25) is 0 Å². The van der Waals surface area contributed by atoms with Crippen LogP contribution in [0.1, 0.15) is 27.2 Å². The third-order valence-corrected chi connectivity index (χ3v) is 8.15. The summed E-state index contributed by atoms with van der Waals surface area (Å²) in [6.07, 6.45) is 1.31. The summed E-state index contributed by atoms with van der Waals surface area (Å²) in [6.45, 7) is 13.3. The van der Waals surface area contributed by atoms with E-state index < -0.39 is 8.32 Å². The largest absolute Gasteiger partial charge is 0.413 e. The maximum Gasteiger partial charge on any atom is 0.192 e. The highest BCUT2D eigenvalue weighted by molar-refractivity contribution is 6.74. The topological polar surface area (TPSA) is 47.3 Å². The van der Waals surface area contributed by atoms with Crippen LogP contribution >= 0.6 is 0 Å². The fourth-order valence-electron chi connectivity index (χ4n) is 1.62. The van der Waals surface area contributed by atoms with Gasteiger partial charge in [0, 0.05) is 19.1 Å². The molecule has 0 aromatic rings. The fraction of sp³-hybridized carbons (Fsp3) is 1.00. The minimum atomic E-state index is -1.62. The first-order valence-electron chi connectivity index (χ1n) is 5.86. The number of hydrogen-bond acceptors (Lipinski definition) is 3. The second-order valence-electron chi connectivity index (χ2n) is 6.15. The Bertz CT molecular complexity index is 213. The number of nitrogens with two attached hydrogens (primary N) is 1. The summed E-state index contributed by atoms with van der Waals surface area (Å²) in [6, 6.07) is 0.258. The van der Waals surface area contributed by atoms with Gasteiger partial charge in [0.25, 0.3) is 0 Å². The number of piperidine rings is 1. The molecule has 4 heteroatoms. The van der Waals surface area contributed by atoms with Crippen LogP contribution in [0.5, 0.6) is 0 Å². The smallest absolute Gasteiger partial charge is 0.192 e. The average molecular weight is 230 g/mol. The third-order valence-electron chi connectivity index (χ3n) is 3.61. The van der Waals surface area contributed by atoms with Crippen LogP contribution in [0.15, 0.2) is 0 Å². The SMILES string of the molecule is CC(C)(C)[Si](C)(C)O[C@H]1CNC[C@@H](N)C1. The molecule has 90 valence electrons. The van der Waals surface area contributed by atoms with Crippen molar-refractivity contribution in [3.05, 3.63) is 0 Å². The van der Waals surface area contributed by atoms with Crippen LogP contribution in [-0.2, 0) is 4.43 Å². The minimum Gasteiger partial charge on any atom is -0.413 e. The van der Waals surface area contributed by atoms with Crippen molar-refractivity contribution in [1.82, 2.24) is 5.32 Å². The normalized spacial score (nSPS) is 29.2. The van der Waals surface area contributed by atoms with E-state index in [0.717, 1.165) is 19.5 Å². The molecule has 0 unspecified atom stereocenters. The Balaban J connectivity index is 2.53. The number of rotatable bonds is 2. The van der Waals surface area contributed by atoms with Crippen molar-refractivity contribution in [2.75, 3.05) is 13.1 Å². The molecule has 1 rings (SSSR count). The van der Waals surface area contributed by atoms with Gasteiger partial charge in [-0.25, -0.2) is 0 Å². The van der Waals surface area contributed by atoms with Gasteiger partial charge in [0.1, 0.15) is 0 Å². The van der Waals surface area contributed by atoms with E-state index in [4.69, 9.17) is 10.2 Å². The van der Waals surface area contributed by atoms with E-state index in [0.29, 0.717) is 6.10 Å². The molecule has 15 heavy (non-hydrogen) atoms. The van der Waals surface area contributed by atoms with Crippen molar-refractivity contribution in [1.29, 1.82) is 0 Å². The van der Waals surface area contributed by atoms with E-state index in [-0.39, 0.29) is 11.1 Å². The van der Waals surface area contributed by atoms with E-state index in [1.165, 1.54) is 0 Å². The van der Waals surface area contributed by atoms with Gasteiger partial charge in [0.2, 0.25) is 0 Å². The van der Waals surface area contributed by atoms with E-state index in [1.54, 1.807) is 0 Å².